The van der Waals surface area contributed by atoms with Crippen LogP contribution in [0.25, 0.3) is 0 Å². The number of aromatic nitrogens is 1. The van der Waals surface area contributed by atoms with Gasteiger partial charge in [0.25, 0.3) is 11.8 Å². The molecule has 0 aliphatic carbocycles. The third-order valence-electron chi connectivity index (χ3n) is 5.45. The highest BCUT2D eigenvalue weighted by atomic mass is 16.2. The van der Waals surface area contributed by atoms with E-state index in [0.717, 1.165) is 29.8 Å². The molecule has 7 nitrogen and oxygen atoms in total. The van der Waals surface area contributed by atoms with Gasteiger partial charge in [-0.05, 0) is 54.8 Å². The van der Waals surface area contributed by atoms with Crippen LogP contribution in [0.2, 0.25) is 0 Å². The van der Waals surface area contributed by atoms with Gasteiger partial charge in [-0.15, -0.1) is 0 Å². The van der Waals surface area contributed by atoms with E-state index < -0.39 is 0 Å². The summed E-state index contributed by atoms with van der Waals surface area (Å²) >= 11 is 0. The molecule has 0 bridgehead atoms. The maximum absolute atomic E-state index is 13.0. The Hall–Kier alpha value is -4.00. The predicted molar refractivity (Wildman–Crippen MR) is 123 cm³/mol. The first-order chi connectivity index (χ1) is 15.5. The van der Waals surface area contributed by atoms with Gasteiger partial charge in [-0.1, -0.05) is 24.3 Å². The summed E-state index contributed by atoms with van der Waals surface area (Å²) in [6, 6.07) is 16.2. The number of amides is 3. The Labute approximate surface area is 186 Å². The lowest BCUT2D eigenvalue weighted by Crippen LogP contribution is -2.26. The van der Waals surface area contributed by atoms with Crippen LogP contribution in [0.5, 0.6) is 0 Å². The van der Waals surface area contributed by atoms with Crippen molar-refractivity contribution in [1.29, 1.82) is 0 Å². The molecule has 7 heteroatoms. The van der Waals surface area contributed by atoms with E-state index >= 15 is 0 Å². The molecule has 3 aromatic rings. The van der Waals surface area contributed by atoms with E-state index in [1.807, 2.05) is 37.3 Å². The number of rotatable bonds is 6. The van der Waals surface area contributed by atoms with Crippen LogP contribution in [-0.2, 0) is 11.3 Å². The zero-order valence-corrected chi connectivity index (χ0v) is 17.8. The largest absolute Gasteiger partial charge is 0.348 e. The van der Waals surface area contributed by atoms with Crippen molar-refractivity contribution < 1.29 is 14.4 Å². The molecule has 0 radical (unpaired) electrons. The molecule has 0 saturated carbocycles. The zero-order valence-electron chi connectivity index (χ0n) is 17.8. The number of hydrogen-bond acceptors (Lipinski definition) is 4. The molecule has 0 spiro atoms. The Kier molecular flexibility index (Phi) is 6.26. The van der Waals surface area contributed by atoms with E-state index in [4.69, 9.17) is 0 Å². The van der Waals surface area contributed by atoms with Gasteiger partial charge < -0.3 is 15.5 Å². The van der Waals surface area contributed by atoms with Crippen molar-refractivity contribution in [3.8, 4) is 0 Å². The Morgan fingerprint density at radius 1 is 1.03 bits per heavy atom. The van der Waals surface area contributed by atoms with Crippen LogP contribution in [0, 0.1) is 6.92 Å². The molecule has 3 amide bonds. The molecular formula is C25H24N4O3. The highest BCUT2D eigenvalue weighted by Gasteiger charge is 2.22. The number of carbonyl (C=O) groups is 3. The van der Waals surface area contributed by atoms with Gasteiger partial charge in [0.05, 0.1) is 11.3 Å². The Bertz CT molecular complexity index is 1160. The summed E-state index contributed by atoms with van der Waals surface area (Å²) in [4.78, 5) is 43.3. The fraction of sp³-hybridized carbons (Fsp3) is 0.200. The summed E-state index contributed by atoms with van der Waals surface area (Å²) in [6.45, 7) is 2.87. The first kappa shape index (κ1) is 21.2. The van der Waals surface area contributed by atoms with Crippen LogP contribution >= 0.6 is 0 Å². The van der Waals surface area contributed by atoms with E-state index in [0.29, 0.717) is 29.8 Å². The van der Waals surface area contributed by atoms with Gasteiger partial charge in [0.2, 0.25) is 5.91 Å². The number of anilines is 2. The quantitative estimate of drug-likeness (QED) is 0.626. The number of para-hydroxylation sites is 1. The van der Waals surface area contributed by atoms with Gasteiger partial charge in [-0.25, -0.2) is 0 Å². The maximum atomic E-state index is 13.0. The van der Waals surface area contributed by atoms with Gasteiger partial charge in [0, 0.05) is 43.2 Å². The lowest BCUT2D eigenvalue weighted by atomic mass is 10.1. The number of hydrogen-bond donors (Lipinski definition) is 2. The minimum atomic E-state index is -0.307. The summed E-state index contributed by atoms with van der Waals surface area (Å²) in [5.41, 5.74) is 3.85. The highest BCUT2D eigenvalue weighted by molar-refractivity contribution is 6.09. The lowest BCUT2D eigenvalue weighted by molar-refractivity contribution is -0.117. The molecule has 2 heterocycles. The average Bonchev–Trinajstić information content (AvgIpc) is 3.25. The predicted octanol–water partition coefficient (Wildman–Crippen LogP) is 3.70. The number of nitrogens with zero attached hydrogens (tertiary/aromatic N) is 2. The summed E-state index contributed by atoms with van der Waals surface area (Å²) in [7, 11) is 0. The van der Waals surface area contributed by atoms with E-state index in [-0.39, 0.29) is 17.7 Å². The first-order valence-corrected chi connectivity index (χ1v) is 10.5. The Balaban J connectivity index is 1.48. The number of nitrogens with one attached hydrogen (secondary N) is 2. The van der Waals surface area contributed by atoms with Crippen LogP contribution < -0.4 is 15.5 Å². The van der Waals surface area contributed by atoms with E-state index in [1.165, 1.54) is 0 Å². The second-order valence-corrected chi connectivity index (χ2v) is 7.69. The maximum Gasteiger partial charge on any atom is 0.255 e. The Morgan fingerprint density at radius 2 is 1.81 bits per heavy atom. The second kappa shape index (κ2) is 9.43. The number of benzene rings is 2. The molecule has 1 saturated heterocycles. The molecule has 2 aromatic carbocycles. The minimum Gasteiger partial charge on any atom is -0.348 e. The zero-order chi connectivity index (χ0) is 22.5. The van der Waals surface area contributed by atoms with Gasteiger partial charge in [-0.2, -0.15) is 0 Å². The van der Waals surface area contributed by atoms with Crippen molar-refractivity contribution in [1.82, 2.24) is 10.3 Å². The topological polar surface area (TPSA) is 91.4 Å². The SMILES string of the molecule is Cc1cccc(C(=O)NCc2cccc(N3CCCC3=O)c2)c1NC(=O)c1ccncc1. The van der Waals surface area contributed by atoms with E-state index in [9.17, 15) is 14.4 Å². The van der Waals surface area contributed by atoms with E-state index in [2.05, 4.69) is 15.6 Å². The molecule has 162 valence electrons. The smallest absolute Gasteiger partial charge is 0.255 e. The summed E-state index contributed by atoms with van der Waals surface area (Å²) in [5, 5.41) is 5.77. The lowest BCUT2D eigenvalue weighted by Gasteiger charge is -2.17. The summed E-state index contributed by atoms with van der Waals surface area (Å²) < 4.78 is 0. The number of aryl methyl sites for hydroxylation is 1. The molecule has 0 unspecified atom stereocenters. The molecule has 1 fully saturated rings. The number of pyridine rings is 1. The van der Waals surface area contributed by atoms with Crippen LogP contribution in [0.4, 0.5) is 11.4 Å². The molecule has 1 aliphatic rings. The normalized spacial score (nSPS) is 13.2. The van der Waals surface area contributed by atoms with Crippen molar-refractivity contribution >= 4 is 29.1 Å². The van der Waals surface area contributed by atoms with Gasteiger partial charge in [-0.3, -0.25) is 19.4 Å². The molecule has 32 heavy (non-hydrogen) atoms. The molecular weight excluding hydrogens is 404 g/mol. The summed E-state index contributed by atoms with van der Waals surface area (Å²) in [6.07, 6.45) is 4.53. The van der Waals surface area contributed by atoms with Crippen LogP contribution in [0.15, 0.2) is 67.0 Å². The third kappa shape index (κ3) is 4.67. The number of carbonyl (C=O) groups excluding carboxylic acids is 3. The molecule has 1 aromatic heterocycles. The third-order valence-corrected chi connectivity index (χ3v) is 5.45. The van der Waals surface area contributed by atoms with Crippen LogP contribution in [0.3, 0.4) is 0 Å². The van der Waals surface area contributed by atoms with Crippen molar-refractivity contribution in [3.05, 3.63) is 89.2 Å². The molecule has 2 N–H and O–H groups in total. The summed E-state index contributed by atoms with van der Waals surface area (Å²) in [5.74, 6) is -0.472. The van der Waals surface area contributed by atoms with Gasteiger partial charge in [0.15, 0.2) is 0 Å². The van der Waals surface area contributed by atoms with Crippen molar-refractivity contribution in [2.45, 2.75) is 26.3 Å². The fourth-order valence-electron chi connectivity index (χ4n) is 3.74. The van der Waals surface area contributed by atoms with Crippen molar-refractivity contribution in [3.63, 3.8) is 0 Å². The first-order valence-electron chi connectivity index (χ1n) is 10.5. The van der Waals surface area contributed by atoms with E-state index in [1.54, 1.807) is 41.6 Å². The Morgan fingerprint density at radius 3 is 2.56 bits per heavy atom. The van der Waals surface area contributed by atoms with Gasteiger partial charge in [0.1, 0.15) is 0 Å². The minimum absolute atomic E-state index is 0.125. The van der Waals surface area contributed by atoms with Gasteiger partial charge >= 0.3 is 0 Å². The standard InChI is InChI=1S/C25H24N4O3/c1-17-5-2-8-21(23(17)28-24(31)19-10-12-26-13-11-19)25(32)27-16-18-6-3-7-20(15-18)29-14-4-9-22(29)30/h2-3,5-8,10-13,15H,4,9,14,16H2,1H3,(H,27,32)(H,28,31). The average molecular weight is 428 g/mol. The van der Waals surface area contributed by atoms with Crippen molar-refractivity contribution in [2.75, 3.05) is 16.8 Å². The van der Waals surface area contributed by atoms with Crippen molar-refractivity contribution in [2.24, 2.45) is 0 Å². The second-order valence-electron chi connectivity index (χ2n) is 7.69. The fourth-order valence-corrected chi connectivity index (χ4v) is 3.74. The molecule has 1 aliphatic heterocycles. The van der Waals surface area contributed by atoms with Crippen LogP contribution in [0.1, 0.15) is 44.7 Å². The molecule has 0 atom stereocenters. The van der Waals surface area contributed by atoms with Crippen LogP contribution in [-0.4, -0.2) is 29.3 Å². The monoisotopic (exact) mass is 428 g/mol. The molecule has 4 rings (SSSR count). The highest BCUT2D eigenvalue weighted by Crippen LogP contribution is 2.23.